The number of hydrogen-bond donors (Lipinski definition) is 2. The van der Waals surface area contributed by atoms with Crippen molar-refractivity contribution in [3.63, 3.8) is 0 Å². The minimum absolute atomic E-state index is 0.0476. The lowest BCUT2D eigenvalue weighted by Gasteiger charge is -2.26. The van der Waals surface area contributed by atoms with E-state index in [1.165, 1.54) is 11.1 Å². The van der Waals surface area contributed by atoms with Gasteiger partial charge in [0.1, 0.15) is 11.6 Å². The smallest absolute Gasteiger partial charge is 0.314 e. The molecule has 3 aliphatic rings. The van der Waals surface area contributed by atoms with E-state index in [2.05, 4.69) is 55.2 Å². The number of nitrogens with one attached hydrogen (secondary N) is 2. The van der Waals surface area contributed by atoms with Crippen molar-refractivity contribution < 1.29 is 23.4 Å². The van der Waals surface area contributed by atoms with Crippen LogP contribution in [0.2, 0.25) is 0 Å². The molecule has 0 amide bonds. The highest BCUT2D eigenvalue weighted by Crippen LogP contribution is 2.44. The zero-order valence-corrected chi connectivity index (χ0v) is 31.2. The number of aryl methyl sites for hydroxylation is 6. The number of esters is 2. The van der Waals surface area contributed by atoms with Crippen LogP contribution in [-0.2, 0) is 65.7 Å². The van der Waals surface area contributed by atoms with Gasteiger partial charge in [0.2, 0.25) is 11.8 Å². The van der Waals surface area contributed by atoms with Crippen LogP contribution in [0, 0.1) is 10.8 Å². The van der Waals surface area contributed by atoms with Crippen molar-refractivity contribution in [2.45, 2.75) is 129 Å². The van der Waals surface area contributed by atoms with Gasteiger partial charge >= 0.3 is 11.9 Å². The molecular weight excluding hydrogens is 672 g/mol. The lowest BCUT2D eigenvalue weighted by atomic mass is 9.79. The van der Waals surface area contributed by atoms with Crippen LogP contribution in [0.4, 0.5) is 11.6 Å². The van der Waals surface area contributed by atoms with E-state index < -0.39 is 17.4 Å². The van der Waals surface area contributed by atoms with Gasteiger partial charge in [-0.15, -0.1) is 0 Å². The van der Waals surface area contributed by atoms with Crippen LogP contribution in [0.15, 0.2) is 33.3 Å². The number of fused-ring (bicyclic) bond motifs is 2. The fourth-order valence-electron chi connectivity index (χ4n) is 8.03. The Kier molecular flexibility index (Phi) is 11.5. The summed E-state index contributed by atoms with van der Waals surface area (Å²) < 4.78 is 16.6. The first-order valence-corrected chi connectivity index (χ1v) is 19.5. The van der Waals surface area contributed by atoms with Gasteiger partial charge in [0.15, 0.2) is 11.6 Å². The van der Waals surface area contributed by atoms with Gasteiger partial charge in [0.05, 0.1) is 12.8 Å². The first kappa shape index (κ1) is 36.7. The van der Waals surface area contributed by atoms with Crippen LogP contribution >= 0.6 is 0 Å². The lowest BCUT2D eigenvalue weighted by molar-refractivity contribution is -0.162. The van der Waals surface area contributed by atoms with Crippen LogP contribution < -0.4 is 10.6 Å². The highest BCUT2D eigenvalue weighted by molar-refractivity contribution is 5.86. The summed E-state index contributed by atoms with van der Waals surface area (Å²) in [7, 11) is 0. The molecule has 6 heterocycles. The summed E-state index contributed by atoms with van der Waals surface area (Å²) in [5.41, 5.74) is 3.78. The van der Waals surface area contributed by atoms with Crippen molar-refractivity contribution in [1.29, 1.82) is 0 Å². The fraction of sp³-hybridized carbons (Fsp3) is 0.600. The zero-order chi connectivity index (χ0) is 36.7. The van der Waals surface area contributed by atoms with Crippen molar-refractivity contribution in [3.05, 3.63) is 70.2 Å². The molecule has 0 unspecified atom stereocenters. The summed E-state index contributed by atoms with van der Waals surface area (Å²) >= 11 is 0. The Balaban J connectivity index is 0.838. The molecule has 53 heavy (non-hydrogen) atoms. The van der Waals surface area contributed by atoms with E-state index in [0.717, 1.165) is 113 Å². The topological polar surface area (TPSA) is 171 Å². The molecule has 0 saturated heterocycles. The molecule has 2 aliphatic heterocycles. The normalized spacial score (nSPS) is 16.3. The quantitative estimate of drug-likeness (QED) is 0.0945. The maximum absolute atomic E-state index is 13.1. The Bertz CT molecular complexity index is 1880. The third-order valence-corrected chi connectivity index (χ3v) is 10.8. The molecule has 7 rings (SSSR count). The third-order valence-electron chi connectivity index (χ3n) is 10.8. The van der Waals surface area contributed by atoms with Crippen LogP contribution in [0.1, 0.15) is 124 Å². The van der Waals surface area contributed by atoms with E-state index in [-0.39, 0.29) is 18.3 Å². The number of hydrogen-bond acceptors (Lipinski definition) is 13. The van der Waals surface area contributed by atoms with E-state index >= 15 is 0 Å². The molecule has 0 spiro atoms. The summed E-state index contributed by atoms with van der Waals surface area (Å²) in [5.74, 6) is 3.26. The van der Waals surface area contributed by atoms with Gasteiger partial charge < -0.3 is 24.4 Å². The molecule has 13 heteroatoms. The molecule has 0 atom stereocenters. The van der Waals surface area contributed by atoms with Crippen LogP contribution in [-0.4, -0.2) is 55.3 Å². The highest BCUT2D eigenvalue weighted by atomic mass is 16.6. The fourth-order valence-corrected chi connectivity index (χ4v) is 8.03. The molecule has 0 aromatic carbocycles. The number of rotatable bonds is 16. The van der Waals surface area contributed by atoms with Crippen LogP contribution in [0.25, 0.3) is 0 Å². The molecule has 4 aromatic heterocycles. The zero-order valence-electron chi connectivity index (χ0n) is 31.2. The predicted molar refractivity (Wildman–Crippen MR) is 197 cm³/mol. The first-order valence-electron chi connectivity index (χ1n) is 19.5. The molecule has 2 N–H and O–H groups in total. The number of carbonyl (C=O) groups is 2. The average molecular weight is 725 g/mol. The summed E-state index contributed by atoms with van der Waals surface area (Å²) in [6, 6.07) is 8.56. The van der Waals surface area contributed by atoms with Gasteiger partial charge in [-0.1, -0.05) is 49.1 Å². The summed E-state index contributed by atoms with van der Waals surface area (Å²) in [6.07, 6.45) is 13.9. The Morgan fingerprint density at radius 3 is 1.91 bits per heavy atom. The maximum Gasteiger partial charge on any atom is 0.314 e. The van der Waals surface area contributed by atoms with Gasteiger partial charge in [0, 0.05) is 50.2 Å². The molecule has 0 bridgehead atoms. The highest BCUT2D eigenvalue weighted by Gasteiger charge is 2.39. The van der Waals surface area contributed by atoms with Crippen molar-refractivity contribution >= 4 is 23.6 Å². The lowest BCUT2D eigenvalue weighted by Crippen LogP contribution is -2.28. The minimum Gasteiger partial charge on any atom is -0.393 e. The standard InChI is InChI=1S/C40H52N8O5/c1-39(2,23-33-45-31(47-52-33)13-5-11-29-17-15-27-9-7-21-41-37(27)43-29)25-35(49)51-36(50)26-40(19-3-4-20-40)24-34-46-32(48-53-34)14-6-12-30-18-16-28-10-8-22-42-38(28)44-30/h15-18H,3-14,19-26H2,1-2H3,(H,41,43)(H,42,44). The van der Waals surface area contributed by atoms with E-state index in [0.29, 0.717) is 49.1 Å². The summed E-state index contributed by atoms with van der Waals surface area (Å²) in [5, 5.41) is 15.2. The summed E-state index contributed by atoms with van der Waals surface area (Å²) in [6.45, 7) is 5.81. The molecule has 1 aliphatic carbocycles. The number of nitrogens with zero attached hydrogens (tertiary/aromatic N) is 6. The predicted octanol–water partition coefficient (Wildman–Crippen LogP) is 6.53. The second-order valence-corrected chi connectivity index (χ2v) is 16.0. The molecule has 1 saturated carbocycles. The first-order chi connectivity index (χ1) is 25.7. The SMILES string of the molecule is CC(C)(CC(=O)OC(=O)CC1(Cc2nc(CCCc3ccc4c(n3)NCCC4)no2)CCCC1)Cc1nc(CCCc2ccc3c(n2)NCCC3)no1. The Hall–Kier alpha value is -4.68. The second kappa shape index (κ2) is 16.6. The van der Waals surface area contributed by atoms with Gasteiger partial charge in [-0.05, 0) is 98.3 Å². The number of ether oxygens (including phenoxy) is 1. The monoisotopic (exact) mass is 724 g/mol. The molecule has 282 valence electrons. The van der Waals surface area contributed by atoms with Crippen molar-refractivity contribution in [1.82, 2.24) is 30.2 Å². The van der Waals surface area contributed by atoms with Gasteiger partial charge in [-0.2, -0.15) is 9.97 Å². The van der Waals surface area contributed by atoms with Crippen molar-refractivity contribution in [2.24, 2.45) is 10.8 Å². The number of carbonyl (C=O) groups excluding carboxylic acids is 2. The Labute approximate surface area is 310 Å². The summed E-state index contributed by atoms with van der Waals surface area (Å²) in [4.78, 5) is 44.9. The van der Waals surface area contributed by atoms with E-state index in [9.17, 15) is 9.59 Å². The Morgan fingerprint density at radius 2 is 1.30 bits per heavy atom. The van der Waals surface area contributed by atoms with E-state index in [1.807, 2.05) is 13.8 Å². The largest absolute Gasteiger partial charge is 0.393 e. The van der Waals surface area contributed by atoms with Crippen LogP contribution in [0.3, 0.4) is 0 Å². The Morgan fingerprint density at radius 1 is 0.736 bits per heavy atom. The van der Waals surface area contributed by atoms with Crippen molar-refractivity contribution in [2.75, 3.05) is 23.7 Å². The molecule has 0 radical (unpaired) electrons. The molecule has 4 aromatic rings. The van der Waals surface area contributed by atoms with E-state index in [4.69, 9.17) is 23.8 Å². The number of pyridine rings is 2. The molecule has 13 nitrogen and oxygen atoms in total. The second-order valence-electron chi connectivity index (χ2n) is 16.0. The molecule has 1 fully saturated rings. The van der Waals surface area contributed by atoms with Crippen molar-refractivity contribution in [3.8, 4) is 0 Å². The number of aromatic nitrogens is 6. The minimum atomic E-state index is -0.552. The van der Waals surface area contributed by atoms with Gasteiger partial charge in [-0.25, -0.2) is 9.97 Å². The van der Waals surface area contributed by atoms with Crippen LogP contribution in [0.5, 0.6) is 0 Å². The maximum atomic E-state index is 13.1. The number of anilines is 2. The van der Waals surface area contributed by atoms with Gasteiger partial charge in [0.25, 0.3) is 0 Å². The van der Waals surface area contributed by atoms with Gasteiger partial charge in [-0.3, -0.25) is 9.59 Å². The third kappa shape index (κ3) is 10.1. The molecular formula is C40H52N8O5. The average Bonchev–Trinajstić information content (AvgIpc) is 3.90. The van der Waals surface area contributed by atoms with E-state index in [1.54, 1.807) is 0 Å².